The van der Waals surface area contributed by atoms with Gasteiger partial charge in [0.15, 0.2) is 5.82 Å². The lowest BCUT2D eigenvalue weighted by atomic mass is 9.98. The number of thiophene rings is 1. The molecule has 1 aliphatic rings. The lowest BCUT2D eigenvalue weighted by molar-refractivity contribution is 0.176. The molecule has 0 aliphatic carbocycles. The van der Waals surface area contributed by atoms with E-state index >= 15 is 0 Å². The molecular weight excluding hydrogens is 352 g/mol. The molecule has 4 rings (SSSR count). The van der Waals surface area contributed by atoms with Crippen LogP contribution in [0, 0.1) is 0 Å². The number of nitrogens with zero attached hydrogens (tertiary/aromatic N) is 4. The molecule has 2 amide bonds. The van der Waals surface area contributed by atoms with Crippen molar-refractivity contribution in [2.45, 2.75) is 31.7 Å². The molecule has 3 aromatic heterocycles. The number of rotatable bonds is 5. The summed E-state index contributed by atoms with van der Waals surface area (Å²) in [6, 6.07) is 3.92. The maximum absolute atomic E-state index is 12.4. The number of carbonyl (C=O) groups excluding carboxylic acids is 1. The van der Waals surface area contributed by atoms with Gasteiger partial charge in [0.2, 0.25) is 5.89 Å². The summed E-state index contributed by atoms with van der Waals surface area (Å²) in [5.74, 6) is 2.25. The number of likely N-dealkylation sites (tertiary alicyclic amines) is 1. The predicted octanol–water partition coefficient (Wildman–Crippen LogP) is 2.53. The topological polar surface area (TPSA) is 99.9 Å². The fourth-order valence-electron chi connectivity index (χ4n) is 3.15. The van der Waals surface area contributed by atoms with E-state index < -0.39 is 0 Å². The Kier molecular flexibility index (Phi) is 4.96. The summed E-state index contributed by atoms with van der Waals surface area (Å²) in [5, 5.41) is 8.86. The Hall–Kier alpha value is -2.68. The van der Waals surface area contributed by atoms with Crippen LogP contribution in [0.1, 0.15) is 41.2 Å². The van der Waals surface area contributed by atoms with Crippen molar-refractivity contribution in [3.63, 3.8) is 0 Å². The van der Waals surface area contributed by atoms with Crippen LogP contribution in [0.5, 0.6) is 0 Å². The fourth-order valence-corrected chi connectivity index (χ4v) is 3.85. The van der Waals surface area contributed by atoms with E-state index in [-0.39, 0.29) is 18.5 Å². The van der Waals surface area contributed by atoms with Gasteiger partial charge in [-0.15, -0.1) is 11.3 Å². The lowest BCUT2D eigenvalue weighted by Gasteiger charge is -2.31. The second-order valence-corrected chi connectivity index (χ2v) is 7.31. The normalized spacial score (nSPS) is 17.4. The molecule has 0 saturated carbocycles. The minimum atomic E-state index is -0.112. The number of urea groups is 1. The van der Waals surface area contributed by atoms with Gasteiger partial charge in [0.25, 0.3) is 0 Å². The molecule has 0 unspecified atom stereocenters. The number of piperidine rings is 1. The number of amides is 2. The van der Waals surface area contributed by atoms with Gasteiger partial charge in [0, 0.05) is 42.7 Å². The zero-order valence-corrected chi connectivity index (χ0v) is 15.0. The first kappa shape index (κ1) is 16.8. The molecule has 0 aromatic carbocycles. The van der Waals surface area contributed by atoms with E-state index in [0.29, 0.717) is 24.7 Å². The number of aromatic amines is 1. The van der Waals surface area contributed by atoms with Crippen LogP contribution in [-0.2, 0) is 13.0 Å². The Morgan fingerprint density at radius 1 is 1.50 bits per heavy atom. The molecule has 0 radical (unpaired) electrons. The molecule has 26 heavy (non-hydrogen) atoms. The summed E-state index contributed by atoms with van der Waals surface area (Å²) in [7, 11) is 0. The van der Waals surface area contributed by atoms with Crippen molar-refractivity contribution in [1.82, 2.24) is 30.3 Å². The molecule has 1 atom stereocenters. The number of hydrogen-bond donors (Lipinski definition) is 2. The van der Waals surface area contributed by atoms with E-state index in [4.69, 9.17) is 4.52 Å². The minimum Gasteiger partial charge on any atom is -0.348 e. The molecule has 3 aromatic rings. The quantitative estimate of drug-likeness (QED) is 0.717. The second-order valence-electron chi connectivity index (χ2n) is 6.28. The van der Waals surface area contributed by atoms with E-state index in [1.54, 1.807) is 17.5 Å². The van der Waals surface area contributed by atoms with E-state index in [9.17, 15) is 4.79 Å². The second kappa shape index (κ2) is 7.69. The third kappa shape index (κ3) is 3.93. The van der Waals surface area contributed by atoms with Crippen LogP contribution in [0.15, 0.2) is 34.4 Å². The monoisotopic (exact) mass is 372 g/mol. The molecule has 136 valence electrons. The summed E-state index contributed by atoms with van der Waals surface area (Å²) >= 11 is 1.66. The molecule has 1 aliphatic heterocycles. The van der Waals surface area contributed by atoms with Crippen molar-refractivity contribution in [1.29, 1.82) is 0 Å². The predicted molar refractivity (Wildman–Crippen MR) is 95.8 cm³/mol. The van der Waals surface area contributed by atoms with Crippen LogP contribution < -0.4 is 5.32 Å². The van der Waals surface area contributed by atoms with Gasteiger partial charge in [-0.1, -0.05) is 11.2 Å². The van der Waals surface area contributed by atoms with Crippen molar-refractivity contribution >= 4 is 17.4 Å². The molecule has 8 nitrogen and oxygen atoms in total. The van der Waals surface area contributed by atoms with Gasteiger partial charge in [-0.25, -0.2) is 9.78 Å². The SMILES string of the molecule is O=C(NCc1nc(Cc2cccs2)no1)N1CCC[C@H](c2ncc[nH]2)C1. The van der Waals surface area contributed by atoms with Gasteiger partial charge in [-0.3, -0.25) is 0 Å². The lowest BCUT2D eigenvalue weighted by Crippen LogP contribution is -2.44. The maximum atomic E-state index is 12.4. The smallest absolute Gasteiger partial charge is 0.317 e. The summed E-state index contributed by atoms with van der Waals surface area (Å²) in [5.41, 5.74) is 0. The molecule has 9 heteroatoms. The fraction of sp³-hybridized carbons (Fsp3) is 0.412. The molecule has 2 N–H and O–H groups in total. The van der Waals surface area contributed by atoms with Crippen molar-refractivity contribution in [2.75, 3.05) is 13.1 Å². The average Bonchev–Trinajstić information content (AvgIpc) is 3.43. The molecule has 0 spiro atoms. The molecule has 4 heterocycles. The Bertz CT molecular complexity index is 829. The largest absolute Gasteiger partial charge is 0.348 e. The van der Waals surface area contributed by atoms with Gasteiger partial charge < -0.3 is 19.7 Å². The van der Waals surface area contributed by atoms with E-state index in [0.717, 1.165) is 25.2 Å². The summed E-state index contributed by atoms with van der Waals surface area (Å²) in [6.07, 6.45) is 6.21. The highest BCUT2D eigenvalue weighted by atomic mass is 32.1. The van der Waals surface area contributed by atoms with Gasteiger partial charge >= 0.3 is 6.03 Å². The van der Waals surface area contributed by atoms with Gasteiger partial charge in [-0.2, -0.15) is 4.98 Å². The maximum Gasteiger partial charge on any atom is 0.317 e. The van der Waals surface area contributed by atoms with E-state index in [1.165, 1.54) is 4.88 Å². The highest BCUT2D eigenvalue weighted by molar-refractivity contribution is 7.09. The van der Waals surface area contributed by atoms with Crippen molar-refractivity contribution in [2.24, 2.45) is 0 Å². The molecule has 1 saturated heterocycles. The van der Waals surface area contributed by atoms with Crippen LogP contribution >= 0.6 is 11.3 Å². The zero-order valence-electron chi connectivity index (χ0n) is 14.2. The molecular formula is C17H20N6O2S. The van der Waals surface area contributed by atoms with Crippen LogP contribution in [0.2, 0.25) is 0 Å². The summed E-state index contributed by atoms with van der Waals surface area (Å²) < 4.78 is 5.23. The Labute approximate surface area is 154 Å². The average molecular weight is 372 g/mol. The first-order chi connectivity index (χ1) is 12.8. The van der Waals surface area contributed by atoms with E-state index in [2.05, 4.69) is 25.4 Å². The van der Waals surface area contributed by atoms with Crippen molar-refractivity contribution in [3.8, 4) is 0 Å². The third-order valence-electron chi connectivity index (χ3n) is 4.43. The Morgan fingerprint density at radius 3 is 3.27 bits per heavy atom. The van der Waals surface area contributed by atoms with E-state index in [1.807, 2.05) is 28.6 Å². The zero-order chi connectivity index (χ0) is 17.8. The van der Waals surface area contributed by atoms with Gasteiger partial charge in [-0.05, 0) is 24.3 Å². The molecule has 0 bridgehead atoms. The Balaban J connectivity index is 1.29. The van der Waals surface area contributed by atoms with Crippen LogP contribution in [0.25, 0.3) is 0 Å². The van der Waals surface area contributed by atoms with Crippen LogP contribution in [0.3, 0.4) is 0 Å². The number of nitrogens with one attached hydrogen (secondary N) is 2. The highest BCUT2D eigenvalue weighted by Gasteiger charge is 2.26. The number of imidazole rings is 1. The van der Waals surface area contributed by atoms with Crippen LogP contribution in [0.4, 0.5) is 4.79 Å². The molecule has 1 fully saturated rings. The highest BCUT2D eigenvalue weighted by Crippen LogP contribution is 2.24. The minimum absolute atomic E-state index is 0.112. The number of aromatic nitrogens is 4. The number of hydrogen-bond acceptors (Lipinski definition) is 6. The van der Waals surface area contributed by atoms with Crippen molar-refractivity contribution < 1.29 is 9.32 Å². The standard InChI is InChI=1S/C17H20N6O2S/c24-17(23-7-1-3-12(11-23)16-18-5-6-19-16)20-10-15-21-14(22-25-15)9-13-4-2-8-26-13/h2,4-6,8,12H,1,3,7,9-11H2,(H,18,19)(H,20,24)/t12-/m0/s1. The van der Waals surface area contributed by atoms with Crippen LogP contribution in [-0.4, -0.2) is 44.1 Å². The third-order valence-corrected chi connectivity index (χ3v) is 5.30. The van der Waals surface area contributed by atoms with Gasteiger partial charge in [0.1, 0.15) is 5.82 Å². The summed E-state index contributed by atoms with van der Waals surface area (Å²) in [6.45, 7) is 1.64. The Morgan fingerprint density at radius 2 is 2.46 bits per heavy atom. The first-order valence-electron chi connectivity index (χ1n) is 8.64. The number of H-pyrrole nitrogens is 1. The van der Waals surface area contributed by atoms with Crippen molar-refractivity contribution in [3.05, 3.63) is 52.3 Å². The number of carbonyl (C=O) groups is 1. The first-order valence-corrected chi connectivity index (χ1v) is 9.52. The summed E-state index contributed by atoms with van der Waals surface area (Å²) in [4.78, 5) is 27.2. The van der Waals surface area contributed by atoms with Gasteiger partial charge in [0.05, 0.1) is 6.54 Å².